The minimum Gasteiger partial charge on any atom is -0.302 e. The van der Waals surface area contributed by atoms with Crippen molar-refractivity contribution in [3.05, 3.63) is 106 Å². The monoisotopic (exact) mass is 465 g/mol. The number of aromatic nitrogens is 4. The molecular weight excluding hydrogens is 442 g/mol. The first-order chi connectivity index (χ1) is 16.9. The van der Waals surface area contributed by atoms with Gasteiger partial charge in [0.05, 0.1) is 35.2 Å². The number of nitrogens with zero attached hydrogens (tertiary/aromatic N) is 4. The molecule has 5 aromatic rings. The zero-order valence-corrected chi connectivity index (χ0v) is 19.3. The molecule has 0 saturated carbocycles. The van der Waals surface area contributed by atoms with Crippen LogP contribution in [0.25, 0.3) is 33.4 Å². The van der Waals surface area contributed by atoms with Crippen LogP contribution in [0, 0.1) is 6.92 Å². The second-order valence-electron chi connectivity index (χ2n) is 8.47. The molecule has 0 atom stereocenters. The number of aryl methyl sites for hydroxylation is 2. The molecule has 2 aromatic heterocycles. The Labute approximate surface area is 201 Å². The Bertz CT molecular complexity index is 1600. The summed E-state index contributed by atoms with van der Waals surface area (Å²) in [7, 11) is 1.68. The molecule has 174 valence electrons. The molecule has 1 amide bonds. The first-order valence-corrected chi connectivity index (χ1v) is 11.1. The smallest absolute Gasteiger partial charge is 0.274 e. The van der Waals surface area contributed by atoms with Crippen LogP contribution in [0.4, 0.5) is 0 Å². The van der Waals surface area contributed by atoms with Gasteiger partial charge in [0, 0.05) is 23.7 Å². The zero-order valence-electron chi connectivity index (χ0n) is 19.3. The van der Waals surface area contributed by atoms with E-state index in [9.17, 15) is 9.59 Å². The van der Waals surface area contributed by atoms with Crippen LogP contribution in [0.2, 0.25) is 0 Å². The topological polar surface area (TPSA) is 102 Å². The predicted molar refractivity (Wildman–Crippen MR) is 133 cm³/mol. The number of nitrogens with one attached hydrogen (secondary N) is 1. The zero-order chi connectivity index (χ0) is 24.5. The fourth-order valence-electron chi connectivity index (χ4n) is 4.00. The molecule has 0 radical (unpaired) electrons. The Morgan fingerprint density at radius 1 is 0.971 bits per heavy atom. The summed E-state index contributed by atoms with van der Waals surface area (Å²) in [5, 5.41) is 14.3. The molecule has 8 nitrogen and oxygen atoms in total. The van der Waals surface area contributed by atoms with Gasteiger partial charge in [0.2, 0.25) is 0 Å². The van der Waals surface area contributed by atoms with Crippen LogP contribution < -0.4 is 11.0 Å². The molecule has 0 aliphatic carbocycles. The summed E-state index contributed by atoms with van der Waals surface area (Å²) in [6, 6.07) is 22.8. The Balaban J connectivity index is 1.61. The van der Waals surface area contributed by atoms with Gasteiger partial charge in [-0.15, -0.1) is 0 Å². The number of amides is 1. The highest BCUT2D eigenvalue weighted by Gasteiger charge is 2.14. The molecule has 0 aliphatic rings. The number of hydroxylamine groups is 1. The fourth-order valence-corrected chi connectivity index (χ4v) is 4.00. The van der Waals surface area contributed by atoms with Gasteiger partial charge in [0.15, 0.2) is 0 Å². The van der Waals surface area contributed by atoms with E-state index in [2.05, 4.69) is 4.98 Å². The molecule has 2 N–H and O–H groups in total. The summed E-state index contributed by atoms with van der Waals surface area (Å²) in [6.07, 6.45) is 1.52. The highest BCUT2D eigenvalue weighted by atomic mass is 16.5. The highest BCUT2D eigenvalue weighted by Crippen LogP contribution is 2.28. The van der Waals surface area contributed by atoms with Crippen molar-refractivity contribution < 1.29 is 10.0 Å². The van der Waals surface area contributed by atoms with Crippen molar-refractivity contribution in [1.29, 1.82) is 0 Å². The van der Waals surface area contributed by atoms with Crippen molar-refractivity contribution in [1.82, 2.24) is 24.8 Å². The molecule has 0 saturated heterocycles. The number of hydrogen-bond donors (Lipinski definition) is 2. The van der Waals surface area contributed by atoms with Gasteiger partial charge >= 0.3 is 0 Å². The van der Waals surface area contributed by atoms with E-state index in [0.29, 0.717) is 23.0 Å². The maximum Gasteiger partial charge on any atom is 0.274 e. The first kappa shape index (κ1) is 22.2. The van der Waals surface area contributed by atoms with E-state index >= 15 is 0 Å². The van der Waals surface area contributed by atoms with Crippen LogP contribution in [-0.2, 0) is 13.6 Å². The van der Waals surface area contributed by atoms with E-state index in [0.717, 1.165) is 28.1 Å². The molecule has 0 fully saturated rings. The molecule has 2 heterocycles. The Hall–Kier alpha value is -4.56. The molecule has 5 rings (SSSR count). The van der Waals surface area contributed by atoms with Gasteiger partial charge in [0.1, 0.15) is 0 Å². The lowest BCUT2D eigenvalue weighted by atomic mass is 10.1. The normalized spacial score (nSPS) is 11.1. The van der Waals surface area contributed by atoms with Crippen molar-refractivity contribution in [3.63, 3.8) is 0 Å². The van der Waals surface area contributed by atoms with Crippen molar-refractivity contribution in [2.75, 3.05) is 0 Å². The Morgan fingerprint density at radius 2 is 1.69 bits per heavy atom. The van der Waals surface area contributed by atoms with Gasteiger partial charge in [-0.1, -0.05) is 48.0 Å². The van der Waals surface area contributed by atoms with Crippen LogP contribution >= 0.6 is 0 Å². The lowest BCUT2D eigenvalue weighted by Crippen LogP contribution is -2.18. The van der Waals surface area contributed by atoms with E-state index in [1.807, 2.05) is 72.3 Å². The summed E-state index contributed by atoms with van der Waals surface area (Å²) in [6.45, 7) is 2.49. The van der Waals surface area contributed by atoms with Gasteiger partial charge in [0.25, 0.3) is 11.5 Å². The van der Waals surface area contributed by atoms with E-state index in [1.54, 1.807) is 24.7 Å². The summed E-state index contributed by atoms with van der Waals surface area (Å²) in [5.74, 6) is -0.565. The van der Waals surface area contributed by atoms with Crippen molar-refractivity contribution in [2.45, 2.75) is 13.5 Å². The molecule has 0 bridgehead atoms. The van der Waals surface area contributed by atoms with Gasteiger partial charge < -0.3 is 4.57 Å². The van der Waals surface area contributed by atoms with Crippen LogP contribution in [0.15, 0.2) is 83.9 Å². The predicted octanol–water partition coefficient (Wildman–Crippen LogP) is 3.94. The molecule has 8 heteroatoms. The van der Waals surface area contributed by atoms with Gasteiger partial charge in [-0.25, -0.2) is 10.5 Å². The van der Waals surface area contributed by atoms with E-state index in [1.165, 1.54) is 16.5 Å². The number of hydrogen-bond acceptors (Lipinski definition) is 5. The number of rotatable bonds is 5. The standard InChI is InChI=1S/C27H23N5O3/c1-17-3-7-19(8-4-17)24-14-25(21-11-12-23-22(13-21)27(34)31(2)16-28-23)32(29-24)15-18-5-9-20(10-6-18)26(33)30-35/h3-14,16,35H,15H2,1-2H3,(H,30,33). The van der Waals surface area contributed by atoms with E-state index < -0.39 is 5.91 Å². The highest BCUT2D eigenvalue weighted by molar-refractivity contribution is 5.93. The minimum atomic E-state index is -0.565. The van der Waals surface area contributed by atoms with Crippen molar-refractivity contribution >= 4 is 16.8 Å². The number of fused-ring (bicyclic) bond motifs is 1. The number of carbonyl (C=O) groups is 1. The average Bonchev–Trinajstić information content (AvgIpc) is 3.30. The van der Waals surface area contributed by atoms with E-state index in [4.69, 9.17) is 10.3 Å². The second kappa shape index (κ2) is 9.00. The minimum absolute atomic E-state index is 0.112. The maximum absolute atomic E-state index is 12.7. The molecule has 0 spiro atoms. The van der Waals surface area contributed by atoms with Crippen molar-refractivity contribution in [2.24, 2.45) is 7.05 Å². The van der Waals surface area contributed by atoms with Crippen molar-refractivity contribution in [3.8, 4) is 22.5 Å². The lowest BCUT2D eigenvalue weighted by Gasteiger charge is -2.09. The Morgan fingerprint density at radius 3 is 2.40 bits per heavy atom. The molecule has 0 unspecified atom stereocenters. The fraction of sp³-hybridized carbons (Fsp3) is 0.111. The summed E-state index contributed by atoms with van der Waals surface area (Å²) in [5.41, 5.74) is 8.13. The van der Waals surface area contributed by atoms with Crippen LogP contribution in [0.5, 0.6) is 0 Å². The maximum atomic E-state index is 12.7. The van der Waals surface area contributed by atoms with Gasteiger partial charge in [-0.2, -0.15) is 5.10 Å². The van der Waals surface area contributed by atoms with Crippen LogP contribution in [0.1, 0.15) is 21.5 Å². The molecule has 0 aliphatic heterocycles. The SMILES string of the molecule is Cc1ccc(-c2cc(-c3ccc4ncn(C)c(=O)c4c3)n(Cc3ccc(C(=O)NO)cc3)n2)cc1. The average molecular weight is 466 g/mol. The summed E-state index contributed by atoms with van der Waals surface area (Å²) >= 11 is 0. The third-order valence-corrected chi connectivity index (χ3v) is 5.99. The summed E-state index contributed by atoms with van der Waals surface area (Å²) in [4.78, 5) is 28.7. The molecule has 35 heavy (non-hydrogen) atoms. The Kier molecular flexibility index (Phi) is 5.72. The number of benzene rings is 3. The second-order valence-corrected chi connectivity index (χ2v) is 8.47. The molecule has 3 aromatic carbocycles. The number of carbonyl (C=O) groups excluding carboxylic acids is 1. The van der Waals surface area contributed by atoms with Crippen LogP contribution in [0.3, 0.4) is 0 Å². The quantitative estimate of drug-likeness (QED) is 0.302. The van der Waals surface area contributed by atoms with Gasteiger partial charge in [-0.3, -0.25) is 19.5 Å². The largest absolute Gasteiger partial charge is 0.302 e. The summed E-state index contributed by atoms with van der Waals surface area (Å²) < 4.78 is 3.35. The molecular formula is C27H23N5O3. The van der Waals surface area contributed by atoms with E-state index in [-0.39, 0.29) is 5.56 Å². The lowest BCUT2D eigenvalue weighted by molar-refractivity contribution is 0.0706. The first-order valence-electron chi connectivity index (χ1n) is 11.1. The third kappa shape index (κ3) is 4.34. The van der Waals surface area contributed by atoms with Gasteiger partial charge in [-0.05, 0) is 42.8 Å². The van der Waals surface area contributed by atoms with Crippen LogP contribution in [-0.4, -0.2) is 30.4 Å². The third-order valence-electron chi connectivity index (χ3n) is 5.99.